The van der Waals surface area contributed by atoms with E-state index in [2.05, 4.69) is 0 Å². The van der Waals surface area contributed by atoms with Crippen LogP contribution in [0.1, 0.15) is 12.5 Å². The molecule has 1 aromatic carbocycles. The van der Waals surface area contributed by atoms with Gasteiger partial charge in [0.2, 0.25) is 0 Å². The topological polar surface area (TPSA) is 98.7 Å². The molecular weight excluding hydrogens is 293 g/mol. The first-order valence-corrected chi connectivity index (χ1v) is 5.71. The fourth-order valence-electron chi connectivity index (χ4n) is 1.33. The van der Waals surface area contributed by atoms with Crippen molar-refractivity contribution in [2.75, 3.05) is 11.9 Å². The van der Waals surface area contributed by atoms with Crippen molar-refractivity contribution < 1.29 is 33.0 Å². The molecule has 1 rings (SSSR count). The molecule has 0 aliphatic carbocycles. The van der Waals surface area contributed by atoms with Crippen LogP contribution in [0.5, 0.6) is 0 Å². The maximum absolute atomic E-state index is 12.7. The lowest BCUT2D eigenvalue weighted by atomic mass is 10.1. The van der Waals surface area contributed by atoms with Gasteiger partial charge in [0, 0.05) is 0 Å². The number of aliphatic carboxylic acids is 1. The Bertz CT molecular complexity index is 544. The summed E-state index contributed by atoms with van der Waals surface area (Å²) < 4.78 is 38.1. The van der Waals surface area contributed by atoms with Gasteiger partial charge in [-0.05, 0) is 19.1 Å². The zero-order valence-corrected chi connectivity index (χ0v) is 10.9. The SMILES string of the molecule is CC(O)(CNC(=O)Nc1ccccc1C(F)(F)F)C(=O)O. The van der Waals surface area contributed by atoms with Crippen molar-refractivity contribution in [3.63, 3.8) is 0 Å². The highest BCUT2D eigenvalue weighted by Gasteiger charge is 2.34. The van der Waals surface area contributed by atoms with E-state index in [0.717, 1.165) is 19.1 Å². The molecule has 6 nitrogen and oxygen atoms in total. The molecule has 0 heterocycles. The number of carbonyl (C=O) groups excluding carboxylic acids is 1. The van der Waals surface area contributed by atoms with Crippen LogP contribution in [-0.2, 0) is 11.0 Å². The van der Waals surface area contributed by atoms with Crippen LogP contribution in [0.25, 0.3) is 0 Å². The molecule has 1 aromatic rings. The summed E-state index contributed by atoms with van der Waals surface area (Å²) in [6, 6.07) is 3.26. The van der Waals surface area contributed by atoms with E-state index in [4.69, 9.17) is 5.11 Å². The molecular formula is C12H13F3N2O4. The first-order chi connectivity index (χ1) is 9.54. The number of rotatable bonds is 4. The van der Waals surface area contributed by atoms with Crippen LogP contribution in [0.2, 0.25) is 0 Å². The smallest absolute Gasteiger partial charge is 0.418 e. The Kier molecular flexibility index (Phi) is 4.79. The predicted molar refractivity (Wildman–Crippen MR) is 66.7 cm³/mol. The number of halogens is 3. The molecule has 0 fully saturated rings. The van der Waals surface area contributed by atoms with Crippen molar-refractivity contribution in [3.8, 4) is 0 Å². The molecule has 0 spiro atoms. The van der Waals surface area contributed by atoms with Crippen LogP contribution in [-0.4, -0.2) is 34.4 Å². The molecule has 0 bridgehead atoms. The summed E-state index contributed by atoms with van der Waals surface area (Å²) in [6.45, 7) is 0.279. The van der Waals surface area contributed by atoms with E-state index in [0.29, 0.717) is 0 Å². The normalized spacial score (nSPS) is 14.1. The number of aliphatic hydroxyl groups is 1. The zero-order chi connectivity index (χ0) is 16.3. The Hall–Kier alpha value is -2.29. The van der Waals surface area contributed by atoms with Crippen molar-refractivity contribution in [1.29, 1.82) is 0 Å². The van der Waals surface area contributed by atoms with E-state index in [1.807, 2.05) is 10.6 Å². The minimum atomic E-state index is -4.64. The Balaban J connectivity index is 2.75. The Morgan fingerprint density at radius 1 is 1.24 bits per heavy atom. The number of amides is 2. The van der Waals surface area contributed by atoms with Crippen LogP contribution in [0.15, 0.2) is 24.3 Å². The first-order valence-electron chi connectivity index (χ1n) is 5.71. The summed E-state index contributed by atoms with van der Waals surface area (Å²) in [5.41, 5.74) is -3.73. The van der Waals surface area contributed by atoms with Gasteiger partial charge < -0.3 is 20.8 Å². The van der Waals surface area contributed by atoms with Gasteiger partial charge in [-0.2, -0.15) is 13.2 Å². The number of carboxylic acids is 1. The number of hydrogen-bond acceptors (Lipinski definition) is 3. The summed E-state index contributed by atoms with van der Waals surface area (Å²) in [5, 5.41) is 21.9. The molecule has 0 radical (unpaired) electrons. The van der Waals surface area contributed by atoms with E-state index in [1.165, 1.54) is 12.1 Å². The van der Waals surface area contributed by atoms with Crippen LogP contribution >= 0.6 is 0 Å². The second kappa shape index (κ2) is 6.00. The average Bonchev–Trinajstić information content (AvgIpc) is 2.35. The lowest BCUT2D eigenvalue weighted by Crippen LogP contribution is -2.47. The minimum absolute atomic E-state index is 0.475. The highest BCUT2D eigenvalue weighted by atomic mass is 19.4. The maximum Gasteiger partial charge on any atom is 0.418 e. The Morgan fingerprint density at radius 3 is 2.33 bits per heavy atom. The van der Waals surface area contributed by atoms with Crippen molar-refractivity contribution in [3.05, 3.63) is 29.8 Å². The molecule has 0 saturated heterocycles. The van der Waals surface area contributed by atoms with Gasteiger partial charge in [0.15, 0.2) is 5.60 Å². The van der Waals surface area contributed by atoms with Crippen molar-refractivity contribution in [1.82, 2.24) is 5.32 Å². The molecule has 9 heteroatoms. The number of benzene rings is 1. The fraction of sp³-hybridized carbons (Fsp3) is 0.333. The third-order valence-electron chi connectivity index (χ3n) is 2.53. The number of hydrogen-bond donors (Lipinski definition) is 4. The highest BCUT2D eigenvalue weighted by molar-refractivity contribution is 5.90. The van der Waals surface area contributed by atoms with Crippen LogP contribution in [0.3, 0.4) is 0 Å². The molecule has 4 N–H and O–H groups in total. The second-order valence-electron chi connectivity index (χ2n) is 4.43. The van der Waals surface area contributed by atoms with E-state index >= 15 is 0 Å². The summed E-state index contributed by atoms with van der Waals surface area (Å²) in [6.07, 6.45) is -4.64. The van der Waals surface area contributed by atoms with Gasteiger partial charge in [-0.15, -0.1) is 0 Å². The van der Waals surface area contributed by atoms with Crippen LogP contribution < -0.4 is 10.6 Å². The number of carboxylic acid groups (broad SMARTS) is 1. The van der Waals surface area contributed by atoms with Crippen molar-refractivity contribution in [2.45, 2.75) is 18.7 Å². The molecule has 0 saturated carbocycles. The van der Waals surface area contributed by atoms with Gasteiger partial charge in [0.1, 0.15) is 0 Å². The molecule has 21 heavy (non-hydrogen) atoms. The Morgan fingerprint density at radius 2 is 1.81 bits per heavy atom. The van der Waals surface area contributed by atoms with E-state index in [-0.39, 0.29) is 0 Å². The quantitative estimate of drug-likeness (QED) is 0.680. The van der Waals surface area contributed by atoms with Crippen molar-refractivity contribution in [2.24, 2.45) is 0 Å². The number of nitrogens with one attached hydrogen (secondary N) is 2. The standard InChI is InChI=1S/C12H13F3N2O4/c1-11(21,9(18)19)6-16-10(20)17-8-5-3-2-4-7(8)12(13,14)15/h2-5,21H,6H2,1H3,(H,18,19)(H2,16,17,20). The maximum atomic E-state index is 12.7. The van der Waals surface area contributed by atoms with Gasteiger partial charge in [0.25, 0.3) is 0 Å². The molecule has 0 aliphatic heterocycles. The zero-order valence-electron chi connectivity index (χ0n) is 10.9. The molecule has 1 atom stereocenters. The van der Waals surface area contributed by atoms with Gasteiger partial charge >= 0.3 is 18.2 Å². The van der Waals surface area contributed by atoms with E-state index in [9.17, 15) is 27.9 Å². The predicted octanol–water partition coefficient (Wildman–Crippen LogP) is 1.66. The second-order valence-corrected chi connectivity index (χ2v) is 4.43. The fourth-order valence-corrected chi connectivity index (χ4v) is 1.33. The molecule has 0 aromatic heterocycles. The lowest BCUT2D eigenvalue weighted by molar-refractivity contribution is -0.155. The number of para-hydroxylation sites is 1. The van der Waals surface area contributed by atoms with E-state index < -0.39 is 41.6 Å². The number of carbonyl (C=O) groups is 2. The highest BCUT2D eigenvalue weighted by Crippen LogP contribution is 2.34. The third kappa shape index (κ3) is 4.63. The number of alkyl halides is 3. The summed E-state index contributed by atoms with van der Waals surface area (Å²) in [7, 11) is 0. The largest absolute Gasteiger partial charge is 0.479 e. The average molecular weight is 306 g/mol. The van der Waals surface area contributed by atoms with Crippen LogP contribution in [0.4, 0.5) is 23.7 Å². The molecule has 0 aliphatic rings. The Labute approximate surface area is 117 Å². The van der Waals surface area contributed by atoms with Gasteiger partial charge in [-0.25, -0.2) is 9.59 Å². The number of anilines is 1. The van der Waals surface area contributed by atoms with Crippen LogP contribution in [0, 0.1) is 0 Å². The molecule has 1 unspecified atom stereocenters. The summed E-state index contributed by atoms with van der Waals surface area (Å²) >= 11 is 0. The first kappa shape index (κ1) is 16.8. The summed E-state index contributed by atoms with van der Waals surface area (Å²) in [5.74, 6) is -1.57. The lowest BCUT2D eigenvalue weighted by Gasteiger charge is -2.19. The molecule has 116 valence electrons. The monoisotopic (exact) mass is 306 g/mol. The minimum Gasteiger partial charge on any atom is -0.479 e. The summed E-state index contributed by atoms with van der Waals surface area (Å²) in [4.78, 5) is 22.1. The molecule has 2 amide bonds. The number of urea groups is 1. The van der Waals surface area contributed by atoms with Gasteiger partial charge in [-0.1, -0.05) is 12.1 Å². The van der Waals surface area contributed by atoms with Crippen molar-refractivity contribution >= 4 is 17.7 Å². The van der Waals surface area contributed by atoms with Gasteiger partial charge in [-0.3, -0.25) is 0 Å². The third-order valence-corrected chi connectivity index (χ3v) is 2.53. The van der Waals surface area contributed by atoms with E-state index in [1.54, 1.807) is 0 Å². The van der Waals surface area contributed by atoms with Gasteiger partial charge in [0.05, 0.1) is 17.8 Å².